The van der Waals surface area contributed by atoms with Gasteiger partial charge in [-0.15, -0.1) is 11.3 Å². The molecule has 1 aliphatic rings. The van der Waals surface area contributed by atoms with Crippen LogP contribution in [-0.4, -0.2) is 24.7 Å². The molecular weight excluding hydrogens is 339 g/mol. The zero-order valence-corrected chi connectivity index (χ0v) is 13.6. The molecule has 1 saturated heterocycles. The summed E-state index contributed by atoms with van der Waals surface area (Å²) in [5.74, 6) is 0. The topological polar surface area (TPSA) is 49.2 Å². The minimum absolute atomic E-state index is 0.0146. The predicted octanol–water partition coefficient (Wildman–Crippen LogP) is 3.92. The van der Waals surface area contributed by atoms with Crippen molar-refractivity contribution in [3.8, 4) is 6.07 Å². The zero-order valence-electron chi connectivity index (χ0n) is 12.8. The minimum atomic E-state index is -4.46. The van der Waals surface area contributed by atoms with E-state index in [4.69, 9.17) is 4.74 Å². The third-order valence-electron chi connectivity index (χ3n) is 3.76. The van der Waals surface area contributed by atoms with Gasteiger partial charge in [-0.25, -0.2) is 4.98 Å². The Bertz CT molecular complexity index is 782. The highest BCUT2D eigenvalue weighted by atomic mass is 32.1. The van der Waals surface area contributed by atoms with Gasteiger partial charge in [0.1, 0.15) is 17.2 Å². The normalized spacial score (nSPS) is 18.5. The van der Waals surface area contributed by atoms with Crippen molar-refractivity contribution >= 4 is 17.0 Å². The summed E-state index contributed by atoms with van der Waals surface area (Å²) in [6.45, 7) is 3.29. The van der Waals surface area contributed by atoms with Gasteiger partial charge in [0.05, 0.1) is 30.0 Å². The molecule has 2 aromatic rings. The number of alkyl halides is 3. The summed E-state index contributed by atoms with van der Waals surface area (Å²) in [7, 11) is 0. The molecule has 4 nitrogen and oxygen atoms in total. The van der Waals surface area contributed by atoms with Crippen LogP contribution in [0.3, 0.4) is 0 Å². The Morgan fingerprint density at radius 1 is 1.42 bits per heavy atom. The first kappa shape index (κ1) is 16.7. The Kier molecular flexibility index (Phi) is 4.47. The van der Waals surface area contributed by atoms with Crippen LogP contribution in [0.4, 0.5) is 18.9 Å². The largest absolute Gasteiger partial charge is 0.416 e. The van der Waals surface area contributed by atoms with Gasteiger partial charge in [0.15, 0.2) is 0 Å². The molecule has 0 amide bonds. The van der Waals surface area contributed by atoms with E-state index < -0.39 is 11.7 Å². The first-order valence-corrected chi connectivity index (χ1v) is 8.16. The Morgan fingerprint density at radius 2 is 2.21 bits per heavy atom. The Balaban J connectivity index is 1.87. The van der Waals surface area contributed by atoms with Crippen LogP contribution in [0, 0.1) is 18.3 Å². The van der Waals surface area contributed by atoms with Crippen molar-refractivity contribution in [2.24, 2.45) is 0 Å². The van der Waals surface area contributed by atoms with E-state index in [1.165, 1.54) is 17.4 Å². The Labute approximate surface area is 141 Å². The van der Waals surface area contributed by atoms with Crippen LogP contribution in [-0.2, 0) is 10.9 Å². The van der Waals surface area contributed by atoms with Gasteiger partial charge in [0.2, 0.25) is 0 Å². The van der Waals surface area contributed by atoms with Crippen LogP contribution in [0.1, 0.15) is 27.9 Å². The predicted molar refractivity (Wildman–Crippen MR) is 83.9 cm³/mol. The molecular formula is C16H14F3N3OS. The first-order valence-electron chi connectivity index (χ1n) is 7.28. The highest BCUT2D eigenvalue weighted by molar-refractivity contribution is 7.09. The molecule has 1 aliphatic heterocycles. The maximum absolute atomic E-state index is 12.8. The fraction of sp³-hybridized carbons (Fsp3) is 0.375. The molecule has 1 fully saturated rings. The van der Waals surface area contributed by atoms with Gasteiger partial charge in [0, 0.05) is 17.6 Å². The number of morpholine rings is 1. The summed E-state index contributed by atoms with van der Waals surface area (Å²) in [4.78, 5) is 6.28. The average Bonchev–Trinajstić information content (AvgIpc) is 3.00. The number of ether oxygens (including phenoxy) is 1. The van der Waals surface area contributed by atoms with Crippen molar-refractivity contribution in [3.05, 3.63) is 45.4 Å². The summed E-state index contributed by atoms with van der Waals surface area (Å²) in [6.07, 6.45) is -4.71. The number of aryl methyl sites for hydroxylation is 1. The van der Waals surface area contributed by atoms with E-state index in [9.17, 15) is 18.4 Å². The third kappa shape index (κ3) is 3.37. The van der Waals surface area contributed by atoms with Gasteiger partial charge in [-0.1, -0.05) is 0 Å². The Morgan fingerprint density at radius 3 is 2.83 bits per heavy atom. The van der Waals surface area contributed by atoms with Gasteiger partial charge in [0.25, 0.3) is 0 Å². The smallest absolute Gasteiger partial charge is 0.367 e. The fourth-order valence-electron chi connectivity index (χ4n) is 2.62. The van der Waals surface area contributed by atoms with Crippen molar-refractivity contribution < 1.29 is 17.9 Å². The van der Waals surface area contributed by atoms with E-state index >= 15 is 0 Å². The quantitative estimate of drug-likeness (QED) is 0.821. The first-order chi connectivity index (χ1) is 11.4. The summed E-state index contributed by atoms with van der Waals surface area (Å²) in [5, 5.41) is 12.0. The molecule has 3 rings (SSSR count). The lowest BCUT2D eigenvalue weighted by molar-refractivity contribution is -0.137. The van der Waals surface area contributed by atoms with E-state index in [-0.39, 0.29) is 11.7 Å². The number of thiazole rings is 1. The van der Waals surface area contributed by atoms with Gasteiger partial charge in [-0.05, 0) is 25.1 Å². The van der Waals surface area contributed by atoms with Crippen LogP contribution in [0.5, 0.6) is 0 Å². The number of nitrogens with zero attached hydrogens (tertiary/aromatic N) is 3. The molecule has 8 heteroatoms. The van der Waals surface area contributed by atoms with Crippen molar-refractivity contribution in [2.75, 3.05) is 24.6 Å². The van der Waals surface area contributed by atoms with Crippen LogP contribution in [0.15, 0.2) is 23.6 Å². The summed E-state index contributed by atoms with van der Waals surface area (Å²) in [6, 6.07) is 5.13. The van der Waals surface area contributed by atoms with E-state index in [0.717, 1.165) is 22.8 Å². The highest BCUT2D eigenvalue weighted by Gasteiger charge is 2.32. The minimum Gasteiger partial charge on any atom is -0.367 e. The van der Waals surface area contributed by atoms with Crippen LogP contribution in [0.2, 0.25) is 0 Å². The maximum Gasteiger partial charge on any atom is 0.416 e. The Hall–Kier alpha value is -2.11. The maximum atomic E-state index is 12.8. The number of benzene rings is 1. The highest BCUT2D eigenvalue weighted by Crippen LogP contribution is 2.34. The second kappa shape index (κ2) is 6.42. The summed E-state index contributed by atoms with van der Waals surface area (Å²) >= 11 is 1.49. The van der Waals surface area contributed by atoms with Crippen LogP contribution < -0.4 is 4.90 Å². The van der Waals surface area contributed by atoms with Crippen molar-refractivity contribution in [1.29, 1.82) is 5.26 Å². The van der Waals surface area contributed by atoms with E-state index in [2.05, 4.69) is 4.98 Å². The number of halogens is 3. The molecule has 0 saturated carbocycles. The fourth-order valence-corrected chi connectivity index (χ4v) is 3.45. The van der Waals surface area contributed by atoms with Crippen molar-refractivity contribution in [2.45, 2.75) is 19.2 Å². The van der Waals surface area contributed by atoms with Crippen LogP contribution >= 0.6 is 11.3 Å². The SMILES string of the molecule is Cc1csc(C2CN(c3ccc(C(F)(F)F)cc3C#N)CCO2)n1. The lowest BCUT2D eigenvalue weighted by Gasteiger charge is -2.34. The number of nitriles is 1. The molecule has 1 aromatic carbocycles. The molecule has 126 valence electrons. The molecule has 0 spiro atoms. The molecule has 0 N–H and O–H groups in total. The number of aromatic nitrogens is 1. The van der Waals surface area contributed by atoms with Gasteiger partial charge >= 0.3 is 6.18 Å². The van der Waals surface area contributed by atoms with Gasteiger partial charge in [-0.3, -0.25) is 0 Å². The monoisotopic (exact) mass is 353 g/mol. The lowest BCUT2D eigenvalue weighted by atomic mass is 10.1. The number of anilines is 1. The van der Waals surface area contributed by atoms with Gasteiger partial charge < -0.3 is 9.64 Å². The molecule has 24 heavy (non-hydrogen) atoms. The summed E-state index contributed by atoms with van der Waals surface area (Å²) < 4.78 is 44.2. The third-order valence-corrected chi connectivity index (χ3v) is 4.82. The van der Waals surface area contributed by atoms with E-state index in [1.807, 2.05) is 23.3 Å². The zero-order chi connectivity index (χ0) is 17.3. The number of rotatable bonds is 2. The van der Waals surface area contributed by atoms with Crippen molar-refractivity contribution in [1.82, 2.24) is 4.98 Å². The second-order valence-corrected chi connectivity index (χ2v) is 6.36. The van der Waals surface area contributed by atoms with Crippen molar-refractivity contribution in [3.63, 3.8) is 0 Å². The van der Waals surface area contributed by atoms with E-state index in [1.54, 1.807) is 0 Å². The molecule has 0 aliphatic carbocycles. The number of hydrogen-bond donors (Lipinski definition) is 0. The standard InChI is InChI=1S/C16H14F3N3OS/c1-10-9-24-15(21-10)14-8-22(4-5-23-14)13-3-2-12(16(17,18)19)6-11(13)7-20/h2-3,6,9,14H,4-5,8H2,1H3. The lowest BCUT2D eigenvalue weighted by Crippen LogP contribution is -2.38. The second-order valence-electron chi connectivity index (χ2n) is 5.47. The molecule has 1 unspecified atom stereocenters. The van der Waals surface area contributed by atoms with Gasteiger partial charge in [-0.2, -0.15) is 18.4 Å². The molecule has 1 aromatic heterocycles. The average molecular weight is 353 g/mol. The molecule has 1 atom stereocenters. The molecule has 0 bridgehead atoms. The number of hydrogen-bond acceptors (Lipinski definition) is 5. The molecule has 0 radical (unpaired) electrons. The molecule has 2 heterocycles. The summed E-state index contributed by atoms with van der Waals surface area (Å²) in [5.41, 5.74) is 0.596. The van der Waals surface area contributed by atoms with E-state index in [0.29, 0.717) is 25.4 Å². The van der Waals surface area contributed by atoms with Crippen LogP contribution in [0.25, 0.3) is 0 Å².